The fourth-order valence-electron chi connectivity index (χ4n) is 4.65. The molecule has 0 spiro atoms. The Morgan fingerprint density at radius 1 is 1.08 bits per heavy atom. The van der Waals surface area contributed by atoms with Gasteiger partial charge in [-0.25, -0.2) is 0 Å². The second kappa shape index (κ2) is 12.5. The standard InChI is InChI=1S/C28H33BrN2O5/c1-2-3-15-36-23-10-5-8-21(19-23)26(32)24-25(20-7-4-9-22(29)18-20)31(28(34)27(24)33)12-6-11-30-13-16-35-17-14-30/h4-5,7-10,18-19,25,32H,2-3,6,11-17H2,1H3/b26-24+. The Kier molecular flexibility index (Phi) is 9.18. The van der Waals surface area contributed by atoms with Gasteiger partial charge in [-0.2, -0.15) is 0 Å². The van der Waals surface area contributed by atoms with Crippen molar-refractivity contribution in [1.29, 1.82) is 0 Å². The summed E-state index contributed by atoms with van der Waals surface area (Å²) in [6, 6.07) is 13.9. The lowest BCUT2D eigenvalue weighted by atomic mass is 9.95. The van der Waals surface area contributed by atoms with E-state index in [0.29, 0.717) is 37.7 Å². The molecule has 2 aromatic rings. The molecule has 8 heteroatoms. The highest BCUT2D eigenvalue weighted by molar-refractivity contribution is 9.10. The van der Waals surface area contributed by atoms with Gasteiger partial charge in [0.1, 0.15) is 11.5 Å². The van der Waals surface area contributed by atoms with Gasteiger partial charge in [0.25, 0.3) is 11.7 Å². The molecule has 1 atom stereocenters. The fraction of sp³-hybridized carbons (Fsp3) is 0.429. The molecule has 0 aliphatic carbocycles. The van der Waals surface area contributed by atoms with Gasteiger partial charge in [0, 0.05) is 36.2 Å². The molecule has 2 aliphatic rings. The number of amides is 1. The molecule has 0 radical (unpaired) electrons. The number of aliphatic hydroxyl groups excluding tert-OH is 1. The van der Waals surface area contributed by atoms with Crippen molar-refractivity contribution >= 4 is 33.4 Å². The lowest BCUT2D eigenvalue weighted by molar-refractivity contribution is -0.140. The van der Waals surface area contributed by atoms with Gasteiger partial charge in [-0.05, 0) is 42.7 Å². The molecule has 7 nitrogen and oxygen atoms in total. The van der Waals surface area contributed by atoms with E-state index in [1.807, 2.05) is 30.3 Å². The maximum atomic E-state index is 13.3. The molecular formula is C28H33BrN2O5. The topological polar surface area (TPSA) is 79.3 Å². The Labute approximate surface area is 220 Å². The Balaban J connectivity index is 1.64. The minimum absolute atomic E-state index is 0.107. The van der Waals surface area contributed by atoms with Crippen LogP contribution in [0.25, 0.3) is 5.76 Å². The van der Waals surface area contributed by atoms with Crippen LogP contribution in [0.3, 0.4) is 0 Å². The van der Waals surface area contributed by atoms with E-state index in [2.05, 4.69) is 27.8 Å². The van der Waals surface area contributed by atoms with Crippen molar-refractivity contribution in [3.8, 4) is 5.75 Å². The molecule has 2 saturated heterocycles. The van der Waals surface area contributed by atoms with Gasteiger partial charge in [0.15, 0.2) is 0 Å². The molecule has 4 rings (SSSR count). The second-order valence-corrected chi connectivity index (χ2v) is 10.0. The maximum Gasteiger partial charge on any atom is 0.295 e. The summed E-state index contributed by atoms with van der Waals surface area (Å²) in [5.74, 6) is -0.818. The van der Waals surface area contributed by atoms with Gasteiger partial charge < -0.3 is 19.5 Å². The van der Waals surface area contributed by atoms with Crippen LogP contribution in [-0.2, 0) is 14.3 Å². The molecule has 2 heterocycles. The number of hydrogen-bond acceptors (Lipinski definition) is 6. The van der Waals surface area contributed by atoms with E-state index in [1.165, 1.54) is 0 Å². The molecule has 2 aromatic carbocycles. The Morgan fingerprint density at radius 2 is 1.86 bits per heavy atom. The monoisotopic (exact) mass is 556 g/mol. The Morgan fingerprint density at radius 3 is 2.61 bits per heavy atom. The number of carbonyl (C=O) groups excluding carboxylic acids is 2. The Bertz CT molecular complexity index is 1110. The third-order valence-electron chi connectivity index (χ3n) is 6.56. The molecule has 2 aliphatic heterocycles. The van der Waals surface area contributed by atoms with Crippen molar-refractivity contribution in [1.82, 2.24) is 9.80 Å². The quantitative estimate of drug-likeness (QED) is 0.196. The molecule has 0 bridgehead atoms. The van der Waals surface area contributed by atoms with Gasteiger partial charge in [-0.3, -0.25) is 14.5 Å². The number of hydrogen-bond donors (Lipinski definition) is 1. The average Bonchev–Trinajstić information content (AvgIpc) is 3.14. The van der Waals surface area contributed by atoms with Crippen LogP contribution < -0.4 is 4.74 Å². The number of unbranched alkanes of at least 4 members (excludes halogenated alkanes) is 1. The first-order chi connectivity index (χ1) is 17.5. The van der Waals surface area contributed by atoms with E-state index in [0.717, 1.165) is 48.9 Å². The number of Topliss-reactive ketones (excluding diaryl/α,β-unsaturated/α-hetero) is 1. The van der Waals surface area contributed by atoms with Crippen LogP contribution in [0.1, 0.15) is 43.4 Å². The molecule has 2 fully saturated rings. The average molecular weight is 557 g/mol. The van der Waals surface area contributed by atoms with E-state index in [4.69, 9.17) is 9.47 Å². The predicted octanol–water partition coefficient (Wildman–Crippen LogP) is 4.77. The summed E-state index contributed by atoms with van der Waals surface area (Å²) in [6.45, 7) is 7.05. The number of carbonyl (C=O) groups is 2. The molecule has 0 saturated carbocycles. The van der Waals surface area contributed by atoms with E-state index in [9.17, 15) is 14.7 Å². The van der Waals surface area contributed by atoms with Crippen molar-refractivity contribution in [3.63, 3.8) is 0 Å². The zero-order valence-corrected chi connectivity index (χ0v) is 22.2. The van der Waals surface area contributed by atoms with E-state index in [-0.39, 0.29) is 11.3 Å². The van der Waals surface area contributed by atoms with Gasteiger partial charge in [0.05, 0.1) is 31.4 Å². The van der Waals surface area contributed by atoms with Crippen LogP contribution in [-0.4, -0.2) is 72.6 Å². The minimum Gasteiger partial charge on any atom is -0.507 e. The largest absolute Gasteiger partial charge is 0.507 e. The summed E-state index contributed by atoms with van der Waals surface area (Å²) >= 11 is 3.50. The van der Waals surface area contributed by atoms with Crippen LogP contribution in [0, 0.1) is 0 Å². The van der Waals surface area contributed by atoms with E-state index in [1.54, 1.807) is 23.1 Å². The lowest BCUT2D eigenvalue weighted by Gasteiger charge is -2.29. The Hall–Kier alpha value is -2.68. The third-order valence-corrected chi connectivity index (χ3v) is 7.05. The van der Waals surface area contributed by atoms with Crippen molar-refractivity contribution in [2.75, 3.05) is 46.0 Å². The number of ether oxygens (including phenoxy) is 2. The van der Waals surface area contributed by atoms with Crippen LogP contribution in [0.2, 0.25) is 0 Å². The van der Waals surface area contributed by atoms with Crippen molar-refractivity contribution in [2.24, 2.45) is 0 Å². The maximum absolute atomic E-state index is 13.3. The normalized spacial score (nSPS) is 20.2. The van der Waals surface area contributed by atoms with Crippen molar-refractivity contribution in [3.05, 3.63) is 69.7 Å². The summed E-state index contributed by atoms with van der Waals surface area (Å²) in [7, 11) is 0. The minimum atomic E-state index is -0.670. The number of halogens is 1. The summed E-state index contributed by atoms with van der Waals surface area (Å²) in [4.78, 5) is 30.4. The summed E-state index contributed by atoms with van der Waals surface area (Å²) in [5, 5.41) is 11.3. The van der Waals surface area contributed by atoms with Gasteiger partial charge >= 0.3 is 0 Å². The zero-order valence-electron chi connectivity index (χ0n) is 20.6. The van der Waals surface area contributed by atoms with Crippen LogP contribution in [0.4, 0.5) is 0 Å². The molecule has 1 N–H and O–H groups in total. The highest BCUT2D eigenvalue weighted by Crippen LogP contribution is 2.40. The molecular weight excluding hydrogens is 524 g/mol. The van der Waals surface area contributed by atoms with Crippen LogP contribution >= 0.6 is 15.9 Å². The number of nitrogens with zero attached hydrogens (tertiary/aromatic N) is 2. The van der Waals surface area contributed by atoms with Gasteiger partial charge in [-0.1, -0.05) is 53.5 Å². The number of rotatable bonds is 10. The molecule has 36 heavy (non-hydrogen) atoms. The number of benzene rings is 2. The molecule has 192 valence electrons. The van der Waals surface area contributed by atoms with E-state index >= 15 is 0 Å². The van der Waals surface area contributed by atoms with Gasteiger partial charge in [0.2, 0.25) is 0 Å². The van der Waals surface area contributed by atoms with Gasteiger partial charge in [-0.15, -0.1) is 0 Å². The zero-order chi connectivity index (χ0) is 25.5. The van der Waals surface area contributed by atoms with Crippen molar-refractivity contribution < 1.29 is 24.2 Å². The highest BCUT2D eigenvalue weighted by Gasteiger charge is 2.45. The number of aliphatic hydroxyl groups is 1. The fourth-order valence-corrected chi connectivity index (χ4v) is 5.06. The SMILES string of the molecule is CCCCOc1cccc(/C(O)=C2\C(=O)C(=O)N(CCCN3CCOCC3)C2c2cccc(Br)c2)c1. The highest BCUT2D eigenvalue weighted by atomic mass is 79.9. The molecule has 0 aromatic heterocycles. The summed E-state index contributed by atoms with van der Waals surface area (Å²) in [6.07, 6.45) is 2.66. The number of likely N-dealkylation sites (tertiary alicyclic amines) is 1. The summed E-state index contributed by atoms with van der Waals surface area (Å²) in [5.41, 5.74) is 1.33. The first-order valence-electron chi connectivity index (χ1n) is 12.6. The van der Waals surface area contributed by atoms with E-state index < -0.39 is 17.7 Å². The molecule has 1 unspecified atom stereocenters. The third kappa shape index (κ3) is 6.17. The number of morpholine rings is 1. The predicted molar refractivity (Wildman–Crippen MR) is 142 cm³/mol. The summed E-state index contributed by atoms with van der Waals surface area (Å²) < 4.78 is 12.0. The first-order valence-corrected chi connectivity index (χ1v) is 13.4. The first kappa shape index (κ1) is 26.4. The molecule has 1 amide bonds. The van der Waals surface area contributed by atoms with Crippen LogP contribution in [0.5, 0.6) is 5.75 Å². The smallest absolute Gasteiger partial charge is 0.295 e. The second-order valence-electron chi connectivity index (χ2n) is 9.08. The van der Waals surface area contributed by atoms with Crippen LogP contribution in [0.15, 0.2) is 58.6 Å². The van der Waals surface area contributed by atoms with Crippen molar-refractivity contribution in [2.45, 2.75) is 32.2 Å². The lowest BCUT2D eigenvalue weighted by Crippen LogP contribution is -2.38. The number of ketones is 1.